The van der Waals surface area contributed by atoms with Crippen LogP contribution in [0.4, 0.5) is 0 Å². The molecule has 2 saturated carbocycles. The number of nitrogens with two attached hydrogens (primary N) is 1. The minimum absolute atomic E-state index is 0.194. The Morgan fingerprint density at radius 3 is 2.33 bits per heavy atom. The summed E-state index contributed by atoms with van der Waals surface area (Å²) >= 11 is 0. The van der Waals surface area contributed by atoms with Gasteiger partial charge in [0.25, 0.3) is 0 Å². The summed E-state index contributed by atoms with van der Waals surface area (Å²) < 4.78 is 0. The molecule has 0 radical (unpaired) electrons. The maximum absolute atomic E-state index is 6.76. The quantitative estimate of drug-likeness (QED) is 0.756. The van der Waals surface area contributed by atoms with Gasteiger partial charge in [0.2, 0.25) is 0 Å². The lowest BCUT2D eigenvalue weighted by Gasteiger charge is -2.41. The molecule has 0 aromatic heterocycles. The van der Waals surface area contributed by atoms with Crippen molar-refractivity contribution >= 4 is 0 Å². The maximum Gasteiger partial charge on any atom is 0.0159 e. The molecule has 0 saturated heterocycles. The Labute approximate surface area is 114 Å². The van der Waals surface area contributed by atoms with Crippen LogP contribution in [0.5, 0.6) is 0 Å². The highest BCUT2D eigenvalue weighted by atomic mass is 14.8. The van der Waals surface area contributed by atoms with E-state index in [2.05, 4.69) is 13.8 Å². The average Bonchev–Trinajstić information content (AvgIpc) is 2.28. The number of rotatable bonds is 4. The molecule has 1 heteroatoms. The average molecular weight is 251 g/mol. The van der Waals surface area contributed by atoms with Crippen LogP contribution in [0.2, 0.25) is 0 Å². The third-order valence-corrected chi connectivity index (χ3v) is 5.21. The number of hydrogen-bond donors (Lipinski definition) is 1. The van der Waals surface area contributed by atoms with Gasteiger partial charge in [0, 0.05) is 5.54 Å². The highest BCUT2D eigenvalue weighted by Crippen LogP contribution is 2.40. The van der Waals surface area contributed by atoms with Gasteiger partial charge in [-0.25, -0.2) is 0 Å². The summed E-state index contributed by atoms with van der Waals surface area (Å²) in [7, 11) is 0. The molecule has 2 aliphatic rings. The first-order chi connectivity index (χ1) is 8.57. The van der Waals surface area contributed by atoms with E-state index in [-0.39, 0.29) is 5.54 Å². The first-order valence-electron chi connectivity index (χ1n) is 8.36. The predicted molar refractivity (Wildman–Crippen MR) is 79.5 cm³/mol. The van der Waals surface area contributed by atoms with Gasteiger partial charge in [-0.15, -0.1) is 0 Å². The van der Waals surface area contributed by atoms with E-state index in [9.17, 15) is 0 Å². The predicted octanol–water partition coefficient (Wildman–Crippen LogP) is 4.89. The standard InChI is InChI=1S/C17H33N/c1-14(2)11-16-9-6-10-17(18,13-16)12-15-7-4-3-5-8-15/h14-16H,3-13,18H2,1-2H3. The molecule has 2 N–H and O–H groups in total. The first-order valence-corrected chi connectivity index (χ1v) is 8.36. The van der Waals surface area contributed by atoms with Gasteiger partial charge in [0.1, 0.15) is 0 Å². The first kappa shape index (κ1) is 14.4. The molecule has 106 valence electrons. The fourth-order valence-corrected chi connectivity index (χ4v) is 4.54. The summed E-state index contributed by atoms with van der Waals surface area (Å²) in [5.41, 5.74) is 6.95. The molecule has 0 aliphatic heterocycles. The SMILES string of the molecule is CC(C)CC1CCCC(N)(CC2CCCCC2)C1. The maximum atomic E-state index is 6.76. The molecule has 2 atom stereocenters. The fourth-order valence-electron chi connectivity index (χ4n) is 4.54. The van der Waals surface area contributed by atoms with Gasteiger partial charge in [0.05, 0.1) is 0 Å². The van der Waals surface area contributed by atoms with Crippen LogP contribution in [0.15, 0.2) is 0 Å². The van der Waals surface area contributed by atoms with Crippen molar-refractivity contribution < 1.29 is 0 Å². The fraction of sp³-hybridized carbons (Fsp3) is 1.00. The Morgan fingerprint density at radius 1 is 1.00 bits per heavy atom. The molecule has 2 rings (SSSR count). The minimum atomic E-state index is 0.194. The third kappa shape index (κ3) is 4.26. The van der Waals surface area contributed by atoms with E-state index in [0.717, 1.165) is 17.8 Å². The van der Waals surface area contributed by atoms with E-state index in [1.807, 2.05) is 0 Å². The van der Waals surface area contributed by atoms with Crippen LogP contribution in [-0.2, 0) is 0 Å². The van der Waals surface area contributed by atoms with Gasteiger partial charge in [-0.05, 0) is 43.4 Å². The molecule has 2 unspecified atom stereocenters. The van der Waals surface area contributed by atoms with Crippen molar-refractivity contribution in [1.29, 1.82) is 0 Å². The second-order valence-electron chi connectivity index (χ2n) is 7.66. The normalized spacial score (nSPS) is 35.0. The Hall–Kier alpha value is -0.0400. The van der Waals surface area contributed by atoms with Crippen LogP contribution in [0, 0.1) is 17.8 Å². The zero-order valence-corrected chi connectivity index (χ0v) is 12.6. The summed E-state index contributed by atoms with van der Waals surface area (Å²) in [6.07, 6.45) is 15.4. The van der Waals surface area contributed by atoms with E-state index < -0.39 is 0 Å². The Balaban J connectivity index is 1.84. The van der Waals surface area contributed by atoms with Crippen molar-refractivity contribution in [3.63, 3.8) is 0 Å². The molecule has 0 amide bonds. The Bertz CT molecular complexity index is 242. The summed E-state index contributed by atoms with van der Waals surface area (Å²) in [4.78, 5) is 0. The van der Waals surface area contributed by atoms with E-state index in [0.29, 0.717) is 0 Å². The van der Waals surface area contributed by atoms with Crippen LogP contribution >= 0.6 is 0 Å². The molecule has 1 nitrogen and oxygen atoms in total. The van der Waals surface area contributed by atoms with Gasteiger partial charge >= 0.3 is 0 Å². The van der Waals surface area contributed by atoms with Gasteiger partial charge < -0.3 is 5.73 Å². The monoisotopic (exact) mass is 251 g/mol. The molecular formula is C17H33N. The van der Waals surface area contributed by atoms with Crippen LogP contribution in [0.1, 0.15) is 84.5 Å². The lowest BCUT2D eigenvalue weighted by atomic mass is 9.68. The third-order valence-electron chi connectivity index (χ3n) is 5.21. The molecule has 0 aromatic rings. The molecule has 2 aliphatic carbocycles. The topological polar surface area (TPSA) is 26.0 Å². The molecular weight excluding hydrogens is 218 g/mol. The van der Waals surface area contributed by atoms with E-state index in [4.69, 9.17) is 5.73 Å². The molecule has 0 spiro atoms. The van der Waals surface area contributed by atoms with E-state index >= 15 is 0 Å². The van der Waals surface area contributed by atoms with Crippen molar-refractivity contribution in [3.8, 4) is 0 Å². The van der Waals surface area contributed by atoms with Gasteiger partial charge in [0.15, 0.2) is 0 Å². The Kier molecular flexibility index (Phi) is 5.12. The zero-order chi connectivity index (χ0) is 13.0. The number of hydrogen-bond acceptors (Lipinski definition) is 1. The zero-order valence-electron chi connectivity index (χ0n) is 12.6. The highest BCUT2D eigenvalue weighted by molar-refractivity contribution is 4.93. The van der Waals surface area contributed by atoms with Crippen molar-refractivity contribution in [2.24, 2.45) is 23.5 Å². The van der Waals surface area contributed by atoms with E-state index in [1.165, 1.54) is 70.6 Å². The lowest BCUT2D eigenvalue weighted by Crippen LogP contribution is -2.46. The van der Waals surface area contributed by atoms with Crippen LogP contribution in [0.3, 0.4) is 0 Å². The minimum Gasteiger partial charge on any atom is -0.325 e. The van der Waals surface area contributed by atoms with Crippen molar-refractivity contribution in [2.75, 3.05) is 0 Å². The van der Waals surface area contributed by atoms with Crippen LogP contribution in [-0.4, -0.2) is 5.54 Å². The smallest absolute Gasteiger partial charge is 0.0159 e. The molecule has 0 heterocycles. The van der Waals surface area contributed by atoms with Gasteiger partial charge in [-0.2, -0.15) is 0 Å². The molecule has 0 bridgehead atoms. The Morgan fingerprint density at radius 2 is 1.67 bits per heavy atom. The molecule has 18 heavy (non-hydrogen) atoms. The summed E-state index contributed by atoms with van der Waals surface area (Å²) in [5.74, 6) is 2.70. The summed E-state index contributed by atoms with van der Waals surface area (Å²) in [6.45, 7) is 4.71. The highest BCUT2D eigenvalue weighted by Gasteiger charge is 2.35. The van der Waals surface area contributed by atoms with Crippen molar-refractivity contribution in [3.05, 3.63) is 0 Å². The second-order valence-corrected chi connectivity index (χ2v) is 7.66. The second kappa shape index (κ2) is 6.41. The van der Waals surface area contributed by atoms with Gasteiger partial charge in [-0.3, -0.25) is 0 Å². The van der Waals surface area contributed by atoms with Crippen LogP contribution < -0.4 is 5.73 Å². The largest absolute Gasteiger partial charge is 0.325 e. The summed E-state index contributed by atoms with van der Waals surface area (Å²) in [6, 6.07) is 0. The van der Waals surface area contributed by atoms with Crippen molar-refractivity contribution in [2.45, 2.75) is 90.0 Å². The molecule has 0 aromatic carbocycles. The van der Waals surface area contributed by atoms with E-state index in [1.54, 1.807) is 0 Å². The summed E-state index contributed by atoms with van der Waals surface area (Å²) in [5, 5.41) is 0. The van der Waals surface area contributed by atoms with Crippen LogP contribution in [0.25, 0.3) is 0 Å². The van der Waals surface area contributed by atoms with Crippen molar-refractivity contribution in [1.82, 2.24) is 0 Å². The molecule has 2 fully saturated rings. The lowest BCUT2D eigenvalue weighted by molar-refractivity contribution is 0.156. The van der Waals surface area contributed by atoms with Gasteiger partial charge in [-0.1, -0.05) is 58.8 Å².